The summed E-state index contributed by atoms with van der Waals surface area (Å²) in [5, 5.41) is 1.09. The van der Waals surface area contributed by atoms with Crippen LogP contribution < -0.4 is 10.3 Å². The zero-order valence-electron chi connectivity index (χ0n) is 20.8. The number of ether oxygens (including phenoxy) is 1. The van der Waals surface area contributed by atoms with Crippen LogP contribution in [0.2, 0.25) is 5.02 Å². The Labute approximate surface area is 216 Å². The molecule has 0 saturated heterocycles. The average Bonchev–Trinajstić information content (AvgIpc) is 2.90. The molecule has 0 aliphatic rings. The fourth-order valence-corrected chi connectivity index (χ4v) is 4.55. The molecular formula is C29H30ClN3O3. The number of aromatic nitrogens is 2. The van der Waals surface area contributed by atoms with Gasteiger partial charge in [-0.15, -0.1) is 0 Å². The van der Waals surface area contributed by atoms with Crippen LogP contribution in [0.25, 0.3) is 16.6 Å². The number of para-hydroxylation sites is 1. The van der Waals surface area contributed by atoms with Gasteiger partial charge in [0.2, 0.25) is 0 Å². The van der Waals surface area contributed by atoms with E-state index >= 15 is 0 Å². The van der Waals surface area contributed by atoms with E-state index in [-0.39, 0.29) is 11.5 Å². The van der Waals surface area contributed by atoms with Crippen molar-refractivity contribution < 1.29 is 9.53 Å². The van der Waals surface area contributed by atoms with Gasteiger partial charge in [-0.2, -0.15) is 0 Å². The summed E-state index contributed by atoms with van der Waals surface area (Å²) in [4.78, 5) is 34.3. The van der Waals surface area contributed by atoms with Crippen LogP contribution in [0.4, 0.5) is 0 Å². The van der Waals surface area contributed by atoms with Gasteiger partial charge in [0.05, 0.1) is 29.2 Å². The van der Waals surface area contributed by atoms with Crippen LogP contribution in [0.3, 0.4) is 0 Å². The molecule has 0 saturated carbocycles. The summed E-state index contributed by atoms with van der Waals surface area (Å²) in [6.45, 7) is 7.04. The molecule has 1 aromatic heterocycles. The van der Waals surface area contributed by atoms with Crippen molar-refractivity contribution in [1.29, 1.82) is 0 Å². The van der Waals surface area contributed by atoms with E-state index in [9.17, 15) is 9.59 Å². The molecule has 4 aromatic rings. The van der Waals surface area contributed by atoms with Crippen molar-refractivity contribution in [1.82, 2.24) is 14.5 Å². The lowest BCUT2D eigenvalue weighted by Crippen LogP contribution is -2.39. The van der Waals surface area contributed by atoms with Gasteiger partial charge in [0.15, 0.2) is 0 Å². The zero-order chi connectivity index (χ0) is 25.7. The predicted molar refractivity (Wildman–Crippen MR) is 144 cm³/mol. The summed E-state index contributed by atoms with van der Waals surface area (Å²) in [5.41, 5.74) is 1.65. The molecule has 7 heteroatoms. The topological polar surface area (TPSA) is 64.4 Å². The van der Waals surface area contributed by atoms with Crippen molar-refractivity contribution in [3.63, 3.8) is 0 Å². The van der Waals surface area contributed by atoms with Crippen LogP contribution in [0, 0.1) is 0 Å². The Hall–Kier alpha value is -3.64. The van der Waals surface area contributed by atoms with Gasteiger partial charge in [-0.3, -0.25) is 14.2 Å². The summed E-state index contributed by atoms with van der Waals surface area (Å²) < 4.78 is 7.22. The molecule has 1 unspecified atom stereocenters. The summed E-state index contributed by atoms with van der Waals surface area (Å²) >= 11 is 6.05. The predicted octanol–water partition coefficient (Wildman–Crippen LogP) is 6.44. The molecule has 36 heavy (non-hydrogen) atoms. The van der Waals surface area contributed by atoms with Gasteiger partial charge in [-0.25, -0.2) is 4.98 Å². The van der Waals surface area contributed by atoms with E-state index in [1.807, 2.05) is 68.1 Å². The molecule has 4 rings (SSSR count). The molecule has 0 radical (unpaired) electrons. The number of halogens is 1. The van der Waals surface area contributed by atoms with Gasteiger partial charge in [0.1, 0.15) is 11.6 Å². The average molecular weight is 504 g/mol. The van der Waals surface area contributed by atoms with Gasteiger partial charge in [0, 0.05) is 17.1 Å². The quantitative estimate of drug-likeness (QED) is 0.263. The first kappa shape index (κ1) is 25.5. The monoisotopic (exact) mass is 503 g/mol. The van der Waals surface area contributed by atoms with Gasteiger partial charge >= 0.3 is 0 Å². The van der Waals surface area contributed by atoms with Crippen LogP contribution in [-0.4, -0.2) is 33.5 Å². The van der Waals surface area contributed by atoms with E-state index in [4.69, 9.17) is 21.3 Å². The second-order valence-electron chi connectivity index (χ2n) is 8.48. The molecule has 0 aliphatic heterocycles. The third kappa shape index (κ3) is 5.14. The number of hydrogen-bond acceptors (Lipinski definition) is 4. The minimum Gasteiger partial charge on any atom is -0.494 e. The molecule has 3 aromatic carbocycles. The molecule has 1 atom stereocenters. The Morgan fingerprint density at radius 1 is 1.00 bits per heavy atom. The van der Waals surface area contributed by atoms with E-state index < -0.39 is 6.04 Å². The van der Waals surface area contributed by atoms with Crippen LogP contribution in [0.15, 0.2) is 77.6 Å². The van der Waals surface area contributed by atoms with E-state index in [1.54, 1.807) is 34.9 Å². The molecule has 1 amide bonds. The standard InChI is InChI=1S/C29H30ClN3O3/c1-4-19-32(28(34)20-11-13-21(30)14-12-20)26(5-2)27-31-25-10-8-7-9-24(25)29(35)33(27)22-15-17-23(18-16-22)36-6-3/h7-18,26H,4-6,19H2,1-3H3. The van der Waals surface area contributed by atoms with Gasteiger partial charge in [0.25, 0.3) is 11.5 Å². The lowest BCUT2D eigenvalue weighted by Gasteiger charge is -2.32. The fraction of sp³-hybridized carbons (Fsp3) is 0.276. The van der Waals surface area contributed by atoms with Crippen LogP contribution in [-0.2, 0) is 0 Å². The highest BCUT2D eigenvalue weighted by molar-refractivity contribution is 6.30. The maximum absolute atomic E-state index is 13.8. The maximum atomic E-state index is 13.8. The Morgan fingerprint density at radius 2 is 1.69 bits per heavy atom. The maximum Gasteiger partial charge on any atom is 0.266 e. The number of carbonyl (C=O) groups excluding carboxylic acids is 1. The van der Waals surface area contributed by atoms with E-state index in [2.05, 4.69) is 0 Å². The molecule has 0 fully saturated rings. The smallest absolute Gasteiger partial charge is 0.266 e. The number of benzene rings is 3. The summed E-state index contributed by atoms with van der Waals surface area (Å²) in [7, 11) is 0. The molecule has 0 bridgehead atoms. The van der Waals surface area contributed by atoms with Gasteiger partial charge < -0.3 is 9.64 Å². The van der Waals surface area contributed by atoms with E-state index in [1.165, 1.54) is 0 Å². The van der Waals surface area contributed by atoms with Crippen LogP contribution in [0.5, 0.6) is 5.75 Å². The molecule has 6 nitrogen and oxygen atoms in total. The lowest BCUT2D eigenvalue weighted by molar-refractivity contribution is 0.0659. The largest absolute Gasteiger partial charge is 0.494 e. The third-order valence-electron chi connectivity index (χ3n) is 6.09. The third-order valence-corrected chi connectivity index (χ3v) is 6.34. The van der Waals surface area contributed by atoms with Crippen molar-refractivity contribution in [2.75, 3.05) is 13.2 Å². The second kappa shape index (κ2) is 11.4. The van der Waals surface area contributed by atoms with Gasteiger partial charge in [-0.1, -0.05) is 37.6 Å². The number of nitrogens with zero attached hydrogens (tertiary/aromatic N) is 3. The van der Waals surface area contributed by atoms with Crippen molar-refractivity contribution in [3.05, 3.63) is 99.6 Å². The number of amides is 1. The van der Waals surface area contributed by atoms with Crippen LogP contribution >= 0.6 is 11.6 Å². The number of carbonyl (C=O) groups is 1. The highest BCUT2D eigenvalue weighted by Gasteiger charge is 2.29. The normalized spacial score (nSPS) is 11.9. The molecule has 1 heterocycles. The van der Waals surface area contributed by atoms with E-state index in [0.717, 1.165) is 12.2 Å². The fourth-order valence-electron chi connectivity index (χ4n) is 4.42. The molecule has 186 valence electrons. The van der Waals surface area contributed by atoms with E-state index in [0.29, 0.717) is 52.6 Å². The minimum absolute atomic E-state index is 0.124. The SMILES string of the molecule is CCCN(C(=O)c1ccc(Cl)cc1)C(CC)c1nc2ccccc2c(=O)n1-c1ccc(OCC)cc1. The highest BCUT2D eigenvalue weighted by Crippen LogP contribution is 2.28. The summed E-state index contributed by atoms with van der Waals surface area (Å²) in [6, 6.07) is 21.2. The highest BCUT2D eigenvalue weighted by atomic mass is 35.5. The zero-order valence-corrected chi connectivity index (χ0v) is 21.5. The first-order valence-electron chi connectivity index (χ1n) is 12.3. The number of fused-ring (bicyclic) bond motifs is 1. The Balaban J connectivity index is 1.90. The van der Waals surface area contributed by atoms with Crippen molar-refractivity contribution in [2.24, 2.45) is 0 Å². The molecule has 0 aliphatic carbocycles. The summed E-state index contributed by atoms with van der Waals surface area (Å²) in [6.07, 6.45) is 1.35. The molecule has 0 N–H and O–H groups in total. The Bertz CT molecular complexity index is 1400. The lowest BCUT2D eigenvalue weighted by atomic mass is 10.1. The Kier molecular flexibility index (Phi) is 8.06. The molecule has 0 spiro atoms. The van der Waals surface area contributed by atoms with Crippen molar-refractivity contribution in [3.8, 4) is 11.4 Å². The minimum atomic E-state index is -0.419. The first-order valence-corrected chi connectivity index (χ1v) is 12.7. The van der Waals surface area contributed by atoms with Crippen molar-refractivity contribution >= 4 is 28.4 Å². The number of hydrogen-bond donors (Lipinski definition) is 0. The summed E-state index contributed by atoms with van der Waals surface area (Å²) in [5.74, 6) is 1.13. The second-order valence-corrected chi connectivity index (χ2v) is 8.92. The molecular weight excluding hydrogens is 474 g/mol. The van der Waals surface area contributed by atoms with Crippen LogP contribution in [0.1, 0.15) is 55.8 Å². The Morgan fingerprint density at radius 3 is 2.33 bits per heavy atom. The van der Waals surface area contributed by atoms with Crippen molar-refractivity contribution in [2.45, 2.75) is 39.7 Å². The van der Waals surface area contributed by atoms with Gasteiger partial charge in [-0.05, 0) is 80.4 Å². The first-order chi connectivity index (χ1) is 17.5. The number of rotatable bonds is 9.